The molecule has 2 aromatic heterocycles. The minimum Gasteiger partial charge on any atom is -0.493 e. The maximum absolute atomic E-state index is 13.5. The van der Waals surface area contributed by atoms with Crippen molar-refractivity contribution in [3.8, 4) is 11.6 Å². The first-order chi connectivity index (χ1) is 18.8. The number of nitrogens with one attached hydrogen (secondary N) is 2. The Labute approximate surface area is 244 Å². The molecule has 0 bridgehead atoms. The number of ether oxygens (including phenoxy) is 1. The summed E-state index contributed by atoms with van der Waals surface area (Å²) in [5, 5.41) is 6.38. The van der Waals surface area contributed by atoms with Crippen LogP contribution in [0.5, 0.6) is 5.75 Å². The molecule has 0 spiro atoms. The van der Waals surface area contributed by atoms with E-state index in [2.05, 4.69) is 15.6 Å². The van der Waals surface area contributed by atoms with Crippen LogP contribution in [0.15, 0.2) is 41.2 Å². The second kappa shape index (κ2) is 13.3. The van der Waals surface area contributed by atoms with Gasteiger partial charge < -0.3 is 20.3 Å². The summed E-state index contributed by atoms with van der Waals surface area (Å²) in [6, 6.07) is 9.87. The highest BCUT2D eigenvalue weighted by Crippen LogP contribution is 2.25. The first-order valence-corrected chi connectivity index (χ1v) is 13.7. The predicted octanol–water partition coefficient (Wildman–Crippen LogP) is 4.17. The maximum atomic E-state index is 13.5. The molecule has 0 aliphatic rings. The number of anilines is 1. The van der Waals surface area contributed by atoms with Crippen molar-refractivity contribution < 1.29 is 14.3 Å². The molecule has 0 fully saturated rings. The lowest BCUT2D eigenvalue weighted by Crippen LogP contribution is -2.37. The predicted molar refractivity (Wildman–Crippen MR) is 158 cm³/mol. The number of nitrogens with zero attached hydrogens (tertiary/aromatic N) is 4. The summed E-state index contributed by atoms with van der Waals surface area (Å²) in [6.07, 6.45) is 0.571. The fraction of sp³-hybridized carbons (Fsp3) is 0.429. The number of carbonyl (C=O) groups is 2. The van der Waals surface area contributed by atoms with Gasteiger partial charge in [0, 0.05) is 38.0 Å². The van der Waals surface area contributed by atoms with Gasteiger partial charge in [0.2, 0.25) is 5.91 Å². The van der Waals surface area contributed by atoms with Crippen molar-refractivity contribution in [2.24, 2.45) is 12.5 Å². The largest absolute Gasteiger partial charge is 0.493 e. The van der Waals surface area contributed by atoms with Crippen LogP contribution in [-0.2, 0) is 18.3 Å². The average molecular weight is 592 g/mol. The van der Waals surface area contributed by atoms with E-state index in [1.165, 1.54) is 4.68 Å². The summed E-state index contributed by atoms with van der Waals surface area (Å²) < 4.78 is 8.63. The zero-order chi connectivity index (χ0) is 29.6. The Bertz CT molecular complexity index is 1430. The Morgan fingerprint density at radius 2 is 1.88 bits per heavy atom. The van der Waals surface area contributed by atoms with Crippen LogP contribution in [0.1, 0.15) is 43.2 Å². The Kier molecular flexibility index (Phi) is 10.4. The SMILES string of the molecule is CCOc1ccc(Cl)cc1C(=O)NCC(C)(C)CC(=O)Nc1c(CCN(C)C)n(C)n(-c2cccc(Cl)n2)c1=O. The molecule has 10 nitrogen and oxygen atoms in total. The molecule has 12 heteroatoms. The van der Waals surface area contributed by atoms with Crippen molar-refractivity contribution in [1.82, 2.24) is 24.6 Å². The number of hydrogen-bond acceptors (Lipinski definition) is 6. The Morgan fingerprint density at radius 1 is 1.15 bits per heavy atom. The molecule has 0 radical (unpaired) electrons. The molecule has 0 unspecified atom stereocenters. The minimum absolute atomic E-state index is 0.0536. The van der Waals surface area contributed by atoms with Gasteiger partial charge in [0.05, 0.1) is 17.9 Å². The van der Waals surface area contributed by atoms with Gasteiger partial charge >= 0.3 is 0 Å². The van der Waals surface area contributed by atoms with Crippen LogP contribution in [0.4, 0.5) is 5.69 Å². The molecule has 3 rings (SSSR count). The zero-order valence-electron chi connectivity index (χ0n) is 23.7. The molecule has 0 aliphatic carbocycles. The van der Waals surface area contributed by atoms with Crippen molar-refractivity contribution in [3.05, 3.63) is 68.2 Å². The maximum Gasteiger partial charge on any atom is 0.296 e. The number of rotatable bonds is 12. The highest BCUT2D eigenvalue weighted by Gasteiger charge is 2.27. The van der Waals surface area contributed by atoms with Gasteiger partial charge in [-0.2, -0.15) is 4.68 Å². The molecule has 216 valence electrons. The number of likely N-dealkylation sites (N-methyl/N-ethyl adjacent to an activating group) is 1. The van der Waals surface area contributed by atoms with Crippen molar-refractivity contribution in [2.75, 3.05) is 39.1 Å². The first kappa shape index (κ1) is 31.2. The van der Waals surface area contributed by atoms with E-state index < -0.39 is 11.0 Å². The second-order valence-corrected chi connectivity index (χ2v) is 11.3. The van der Waals surface area contributed by atoms with Crippen molar-refractivity contribution in [2.45, 2.75) is 33.6 Å². The smallest absolute Gasteiger partial charge is 0.296 e. The molecule has 0 saturated carbocycles. The van der Waals surface area contributed by atoms with E-state index in [1.807, 2.05) is 39.8 Å². The van der Waals surface area contributed by atoms with E-state index in [0.717, 1.165) is 0 Å². The van der Waals surface area contributed by atoms with Gasteiger partial charge in [-0.15, -0.1) is 0 Å². The summed E-state index contributed by atoms with van der Waals surface area (Å²) in [7, 11) is 5.61. The average Bonchev–Trinajstić information content (AvgIpc) is 3.10. The third-order valence-electron chi connectivity index (χ3n) is 6.22. The van der Waals surface area contributed by atoms with Crippen LogP contribution >= 0.6 is 23.2 Å². The number of pyridine rings is 1. The standard InChI is InChI=1S/C28H36Cl2N6O4/c1-7-40-21-12-11-18(29)15-19(21)26(38)31-17-28(2,3)16-24(37)33-25-20(13-14-34(4)5)35(6)36(27(25)39)23-10-8-9-22(30)32-23/h8-12,15H,7,13-14,16-17H2,1-6H3,(H,31,38)(H,33,37). The van der Waals surface area contributed by atoms with Gasteiger partial charge in [0.1, 0.15) is 16.6 Å². The number of hydrogen-bond donors (Lipinski definition) is 2. The topological polar surface area (TPSA) is 110 Å². The Morgan fingerprint density at radius 3 is 2.52 bits per heavy atom. The fourth-order valence-corrected chi connectivity index (χ4v) is 4.55. The fourth-order valence-electron chi connectivity index (χ4n) is 4.22. The van der Waals surface area contributed by atoms with Gasteiger partial charge in [-0.3, -0.25) is 19.1 Å². The molecular formula is C28H36Cl2N6O4. The third kappa shape index (κ3) is 7.87. The first-order valence-electron chi connectivity index (χ1n) is 12.9. The van der Waals surface area contributed by atoms with Crippen LogP contribution in [0.2, 0.25) is 10.2 Å². The van der Waals surface area contributed by atoms with Crippen LogP contribution in [0.3, 0.4) is 0 Å². The van der Waals surface area contributed by atoms with Crippen LogP contribution in [0.25, 0.3) is 5.82 Å². The third-order valence-corrected chi connectivity index (χ3v) is 6.66. The molecule has 40 heavy (non-hydrogen) atoms. The molecule has 2 amide bonds. The van der Waals surface area contributed by atoms with E-state index in [-0.39, 0.29) is 35.6 Å². The van der Waals surface area contributed by atoms with Crippen molar-refractivity contribution in [1.29, 1.82) is 0 Å². The van der Waals surface area contributed by atoms with Crippen LogP contribution in [-0.4, -0.2) is 64.9 Å². The van der Waals surface area contributed by atoms with Gasteiger partial charge in [0.15, 0.2) is 5.82 Å². The van der Waals surface area contributed by atoms with Crippen LogP contribution < -0.4 is 20.9 Å². The van der Waals surface area contributed by atoms with E-state index in [1.54, 1.807) is 48.1 Å². The lowest BCUT2D eigenvalue weighted by Gasteiger charge is -2.24. The van der Waals surface area contributed by atoms with Crippen LogP contribution in [0, 0.1) is 5.41 Å². The molecule has 0 atom stereocenters. The second-order valence-electron chi connectivity index (χ2n) is 10.5. The lowest BCUT2D eigenvalue weighted by atomic mass is 9.88. The molecule has 1 aromatic carbocycles. The lowest BCUT2D eigenvalue weighted by molar-refractivity contribution is -0.118. The van der Waals surface area contributed by atoms with Crippen molar-refractivity contribution in [3.63, 3.8) is 0 Å². The molecule has 3 aromatic rings. The van der Waals surface area contributed by atoms with E-state index in [0.29, 0.717) is 47.4 Å². The summed E-state index contributed by atoms with van der Waals surface area (Å²) in [5.41, 5.74) is 0.131. The summed E-state index contributed by atoms with van der Waals surface area (Å²) in [6.45, 7) is 6.82. The Balaban J connectivity index is 1.78. The van der Waals surface area contributed by atoms with E-state index >= 15 is 0 Å². The number of halogens is 2. The van der Waals surface area contributed by atoms with Crippen molar-refractivity contribution >= 4 is 40.7 Å². The molecule has 0 saturated heterocycles. The monoisotopic (exact) mass is 590 g/mol. The highest BCUT2D eigenvalue weighted by atomic mass is 35.5. The Hall–Kier alpha value is -3.34. The number of aromatic nitrogens is 3. The summed E-state index contributed by atoms with van der Waals surface area (Å²) in [5.74, 6) is 0.0734. The van der Waals surface area contributed by atoms with E-state index in [9.17, 15) is 14.4 Å². The minimum atomic E-state index is -0.629. The number of benzene rings is 1. The van der Waals surface area contributed by atoms with E-state index in [4.69, 9.17) is 27.9 Å². The summed E-state index contributed by atoms with van der Waals surface area (Å²) in [4.78, 5) is 45.9. The normalized spacial score (nSPS) is 11.5. The quantitative estimate of drug-likeness (QED) is 0.306. The molecular weight excluding hydrogens is 555 g/mol. The van der Waals surface area contributed by atoms with Gasteiger partial charge in [-0.25, -0.2) is 4.98 Å². The molecule has 2 heterocycles. The number of carbonyl (C=O) groups excluding carboxylic acids is 2. The van der Waals surface area contributed by atoms with Gasteiger partial charge in [-0.1, -0.05) is 43.1 Å². The van der Waals surface area contributed by atoms with Gasteiger partial charge in [0.25, 0.3) is 11.5 Å². The molecule has 0 aliphatic heterocycles. The highest BCUT2D eigenvalue weighted by molar-refractivity contribution is 6.31. The number of amides is 2. The van der Waals surface area contributed by atoms with Gasteiger partial charge in [-0.05, 0) is 56.8 Å². The molecule has 2 N–H and O–H groups in total. The zero-order valence-corrected chi connectivity index (χ0v) is 25.2. The summed E-state index contributed by atoms with van der Waals surface area (Å²) >= 11 is 12.2.